The number of benzene rings is 4. The van der Waals surface area contributed by atoms with Crippen molar-refractivity contribution in [2.75, 3.05) is 18.5 Å². The normalized spacial score (nSPS) is 12.0. The van der Waals surface area contributed by atoms with Gasteiger partial charge in [0, 0.05) is 30.4 Å². The molecule has 7 nitrogen and oxygen atoms in total. The van der Waals surface area contributed by atoms with Crippen molar-refractivity contribution in [3.63, 3.8) is 0 Å². The van der Waals surface area contributed by atoms with E-state index in [2.05, 4.69) is 0 Å². The number of methoxy groups -OCH3 is 1. The molecule has 1 heterocycles. The molecule has 5 aromatic rings. The van der Waals surface area contributed by atoms with Crippen LogP contribution in [0.3, 0.4) is 0 Å². The number of alkyl halides is 3. The third-order valence-electron chi connectivity index (χ3n) is 7.26. The van der Waals surface area contributed by atoms with Crippen LogP contribution in [0.4, 0.5) is 18.9 Å². The van der Waals surface area contributed by atoms with Gasteiger partial charge < -0.3 is 9.30 Å². The predicted molar refractivity (Wildman–Crippen MR) is 177 cm³/mol. The molecular formula is C34H26Cl2F3N3O4S. The number of sulfonamides is 1. The van der Waals surface area contributed by atoms with Gasteiger partial charge in [0.1, 0.15) is 5.82 Å². The maximum absolute atomic E-state index is 13.1. The van der Waals surface area contributed by atoms with E-state index in [0.717, 1.165) is 39.7 Å². The number of hydrogen-bond acceptors (Lipinski definition) is 5. The Morgan fingerprint density at radius 1 is 0.936 bits per heavy atom. The van der Waals surface area contributed by atoms with E-state index < -0.39 is 27.7 Å². The van der Waals surface area contributed by atoms with Gasteiger partial charge in [-0.25, -0.2) is 18.2 Å². The number of ether oxygens (including phenoxy) is 1. The molecule has 47 heavy (non-hydrogen) atoms. The lowest BCUT2D eigenvalue weighted by atomic mass is 10.1. The van der Waals surface area contributed by atoms with Crippen LogP contribution in [0.25, 0.3) is 23.4 Å². The summed E-state index contributed by atoms with van der Waals surface area (Å²) in [6.07, 6.45) is 0.887. The zero-order chi connectivity index (χ0) is 33.9. The van der Waals surface area contributed by atoms with Gasteiger partial charge in [0.25, 0.3) is 10.0 Å². The standard InChI is InChI=1S/C34H26Cl2F3N3O4S/c1-41(47(44,45)28-15-10-25(11-16-28)34(37,38)39)27-13-5-22(6-14-27)7-18-32-40-31(29-17-12-26(35)19-30(29)36)21-42(32)20-23-3-8-24(9-4-23)33(43)46-2/h3-19,21H,20H2,1-2H3. The van der Waals surface area contributed by atoms with Crippen LogP contribution >= 0.6 is 23.2 Å². The van der Waals surface area contributed by atoms with Gasteiger partial charge in [-0.3, -0.25) is 4.31 Å². The molecule has 242 valence electrons. The molecule has 0 aliphatic rings. The second kappa shape index (κ2) is 13.6. The Balaban J connectivity index is 1.40. The van der Waals surface area contributed by atoms with E-state index in [9.17, 15) is 26.4 Å². The number of aromatic nitrogens is 2. The van der Waals surface area contributed by atoms with E-state index in [1.165, 1.54) is 14.2 Å². The molecule has 0 bridgehead atoms. The van der Waals surface area contributed by atoms with Crippen LogP contribution in [0.2, 0.25) is 10.0 Å². The molecule has 0 aliphatic carbocycles. The molecule has 1 aromatic heterocycles. The zero-order valence-corrected chi connectivity index (χ0v) is 27.2. The molecule has 0 spiro atoms. The summed E-state index contributed by atoms with van der Waals surface area (Å²) in [6, 6.07) is 22.1. The SMILES string of the molecule is COC(=O)c1ccc(Cn2cc(-c3ccc(Cl)cc3Cl)nc2C=Cc2ccc(N(C)S(=O)(=O)c3ccc(C(F)(F)F)cc3)cc2)cc1. The van der Waals surface area contributed by atoms with Crippen molar-refractivity contribution >= 4 is 57.0 Å². The summed E-state index contributed by atoms with van der Waals surface area (Å²) in [4.78, 5) is 16.4. The van der Waals surface area contributed by atoms with E-state index in [1.807, 2.05) is 22.9 Å². The second-order valence-corrected chi connectivity index (χ2v) is 13.2. The third-order valence-corrected chi connectivity index (χ3v) is 9.61. The molecule has 0 amide bonds. The number of nitrogens with zero attached hydrogens (tertiary/aromatic N) is 3. The molecule has 0 unspecified atom stereocenters. The smallest absolute Gasteiger partial charge is 0.416 e. The van der Waals surface area contributed by atoms with E-state index >= 15 is 0 Å². The van der Waals surface area contributed by atoms with E-state index in [4.69, 9.17) is 32.9 Å². The molecule has 4 aromatic carbocycles. The first-order chi connectivity index (χ1) is 22.3. The van der Waals surface area contributed by atoms with Gasteiger partial charge in [-0.15, -0.1) is 0 Å². The molecule has 5 rings (SSSR count). The fourth-order valence-electron chi connectivity index (χ4n) is 4.66. The number of rotatable bonds is 9. The summed E-state index contributed by atoms with van der Waals surface area (Å²) in [6.45, 7) is 0.422. The average Bonchev–Trinajstić information content (AvgIpc) is 3.45. The first-order valence-electron chi connectivity index (χ1n) is 13.9. The minimum absolute atomic E-state index is 0.264. The molecule has 13 heteroatoms. The van der Waals surface area contributed by atoms with Crippen LogP contribution in [0, 0.1) is 0 Å². The Hall–Kier alpha value is -4.58. The van der Waals surface area contributed by atoms with Gasteiger partial charge in [-0.05, 0) is 83.9 Å². The summed E-state index contributed by atoms with van der Waals surface area (Å²) in [5.74, 6) is 0.158. The Labute approximate surface area is 279 Å². The van der Waals surface area contributed by atoms with Crippen molar-refractivity contribution in [3.05, 3.63) is 135 Å². The van der Waals surface area contributed by atoms with Gasteiger partial charge in [0.2, 0.25) is 0 Å². The Bertz CT molecular complexity index is 2040. The minimum Gasteiger partial charge on any atom is -0.465 e. The molecule has 0 saturated carbocycles. The quantitative estimate of drug-likeness (QED) is 0.144. The molecular weight excluding hydrogens is 674 g/mol. The maximum Gasteiger partial charge on any atom is 0.416 e. The van der Waals surface area contributed by atoms with Crippen molar-refractivity contribution in [2.24, 2.45) is 0 Å². The summed E-state index contributed by atoms with van der Waals surface area (Å²) in [5.41, 5.74) is 2.75. The first-order valence-corrected chi connectivity index (χ1v) is 16.1. The number of imidazole rings is 1. The first kappa shape index (κ1) is 33.8. The van der Waals surface area contributed by atoms with Crippen molar-refractivity contribution < 1.29 is 31.1 Å². The van der Waals surface area contributed by atoms with Crippen LogP contribution in [0.15, 0.2) is 102 Å². The highest BCUT2D eigenvalue weighted by molar-refractivity contribution is 7.92. The van der Waals surface area contributed by atoms with Gasteiger partial charge in [0.15, 0.2) is 0 Å². The van der Waals surface area contributed by atoms with Gasteiger partial charge in [-0.2, -0.15) is 13.2 Å². The largest absolute Gasteiger partial charge is 0.465 e. The lowest BCUT2D eigenvalue weighted by Gasteiger charge is -2.20. The molecule has 0 aliphatic heterocycles. The van der Waals surface area contributed by atoms with Crippen LogP contribution in [-0.4, -0.2) is 38.1 Å². The molecule has 0 fully saturated rings. The van der Waals surface area contributed by atoms with E-state index in [1.54, 1.807) is 66.7 Å². The van der Waals surface area contributed by atoms with Gasteiger partial charge in [0.05, 0.1) is 39.5 Å². The van der Waals surface area contributed by atoms with Gasteiger partial charge in [-0.1, -0.05) is 53.5 Å². The number of halogens is 5. The minimum atomic E-state index is -4.57. The Morgan fingerprint density at radius 2 is 1.60 bits per heavy atom. The summed E-state index contributed by atoms with van der Waals surface area (Å²) in [7, 11) is -1.46. The molecule has 0 saturated heterocycles. The fraction of sp³-hybridized carbons (Fsp3) is 0.118. The van der Waals surface area contributed by atoms with Crippen LogP contribution < -0.4 is 4.31 Å². The van der Waals surface area contributed by atoms with E-state index in [-0.39, 0.29) is 4.90 Å². The Kier molecular flexibility index (Phi) is 9.81. The highest BCUT2D eigenvalue weighted by Gasteiger charge is 2.31. The van der Waals surface area contributed by atoms with Crippen molar-refractivity contribution in [2.45, 2.75) is 17.6 Å². The zero-order valence-electron chi connectivity index (χ0n) is 24.9. The maximum atomic E-state index is 13.1. The highest BCUT2D eigenvalue weighted by atomic mass is 35.5. The number of carbonyl (C=O) groups excluding carboxylic acids is 1. The predicted octanol–water partition coefficient (Wildman–Crippen LogP) is 8.71. The number of carbonyl (C=O) groups is 1. The topological polar surface area (TPSA) is 81.5 Å². The summed E-state index contributed by atoms with van der Waals surface area (Å²) >= 11 is 12.6. The van der Waals surface area contributed by atoms with Gasteiger partial charge >= 0.3 is 12.1 Å². The third kappa shape index (κ3) is 7.70. The lowest BCUT2D eigenvalue weighted by Crippen LogP contribution is -2.26. The molecule has 0 N–H and O–H groups in total. The monoisotopic (exact) mass is 699 g/mol. The fourth-order valence-corrected chi connectivity index (χ4v) is 6.36. The van der Waals surface area contributed by atoms with Crippen molar-refractivity contribution in [1.29, 1.82) is 0 Å². The lowest BCUT2D eigenvalue weighted by molar-refractivity contribution is -0.137. The van der Waals surface area contributed by atoms with Crippen LogP contribution in [-0.2, 0) is 27.5 Å². The van der Waals surface area contributed by atoms with Crippen LogP contribution in [0.1, 0.15) is 32.9 Å². The second-order valence-electron chi connectivity index (χ2n) is 10.3. The average molecular weight is 701 g/mol. The van der Waals surface area contributed by atoms with Crippen LogP contribution in [0.5, 0.6) is 0 Å². The molecule has 0 radical (unpaired) electrons. The van der Waals surface area contributed by atoms with Crippen molar-refractivity contribution in [3.8, 4) is 11.3 Å². The number of esters is 1. The Morgan fingerprint density at radius 3 is 2.19 bits per heavy atom. The van der Waals surface area contributed by atoms with Crippen molar-refractivity contribution in [1.82, 2.24) is 9.55 Å². The number of hydrogen-bond donors (Lipinski definition) is 0. The highest BCUT2D eigenvalue weighted by Crippen LogP contribution is 2.32. The summed E-state index contributed by atoms with van der Waals surface area (Å²) in [5, 5.41) is 0.927. The van der Waals surface area contributed by atoms with E-state index in [0.29, 0.717) is 44.9 Å². The number of anilines is 1. The molecule has 0 atom stereocenters. The summed E-state index contributed by atoms with van der Waals surface area (Å²) < 4.78 is 72.7.